The van der Waals surface area contributed by atoms with Crippen molar-refractivity contribution < 1.29 is 14.3 Å². The number of ether oxygens (including phenoxy) is 1. The molecule has 0 saturated heterocycles. The van der Waals surface area contributed by atoms with E-state index in [-0.39, 0.29) is 24.3 Å². The average Bonchev–Trinajstić information content (AvgIpc) is 3.23. The fourth-order valence-corrected chi connectivity index (χ4v) is 4.03. The first-order chi connectivity index (χ1) is 16.4. The van der Waals surface area contributed by atoms with Crippen molar-refractivity contribution in [2.45, 2.75) is 40.2 Å². The zero-order valence-electron chi connectivity index (χ0n) is 20.8. The number of aromatic nitrogens is 1. The summed E-state index contributed by atoms with van der Waals surface area (Å²) in [5.74, 6) is 0.180. The third-order valence-corrected chi connectivity index (χ3v) is 6.00. The number of hydrogen-bond donors (Lipinski definition) is 1. The molecule has 0 aliphatic carbocycles. The van der Waals surface area contributed by atoms with E-state index in [0.29, 0.717) is 32.7 Å². The van der Waals surface area contributed by atoms with E-state index in [1.807, 2.05) is 37.1 Å². The number of methoxy groups -OCH3 is 1. The fourth-order valence-electron chi connectivity index (χ4n) is 4.03. The van der Waals surface area contributed by atoms with Gasteiger partial charge in [0.15, 0.2) is 0 Å². The molecule has 0 fully saturated rings. The molecular weight excluding hydrogens is 426 g/mol. The number of carbonyl (C=O) groups is 2. The van der Waals surface area contributed by atoms with E-state index in [1.165, 1.54) is 16.5 Å². The van der Waals surface area contributed by atoms with E-state index in [4.69, 9.17) is 4.74 Å². The predicted octanol–water partition coefficient (Wildman–Crippen LogP) is 4.57. The number of carbonyl (C=O) groups excluding carboxylic acids is 2. The lowest BCUT2D eigenvalue weighted by Gasteiger charge is -2.28. The summed E-state index contributed by atoms with van der Waals surface area (Å²) >= 11 is 0. The number of hydrogen-bond acceptors (Lipinski definition) is 3. The van der Waals surface area contributed by atoms with Crippen LogP contribution in [0.15, 0.2) is 54.7 Å². The van der Waals surface area contributed by atoms with Crippen molar-refractivity contribution in [1.82, 2.24) is 14.8 Å². The summed E-state index contributed by atoms with van der Waals surface area (Å²) in [4.78, 5) is 33.1. The van der Waals surface area contributed by atoms with E-state index >= 15 is 0 Å². The normalized spacial score (nSPS) is 11.2. The number of aryl methyl sites for hydroxylation is 1. The second kappa shape index (κ2) is 12.4. The van der Waals surface area contributed by atoms with Crippen LogP contribution >= 0.6 is 0 Å². The summed E-state index contributed by atoms with van der Waals surface area (Å²) in [6, 6.07) is 16.5. The van der Waals surface area contributed by atoms with Gasteiger partial charge in [-0.1, -0.05) is 61.9 Å². The lowest BCUT2D eigenvalue weighted by Crippen LogP contribution is -2.44. The molecule has 0 radical (unpaired) electrons. The van der Waals surface area contributed by atoms with E-state index < -0.39 is 0 Å². The number of rotatable bonds is 12. The van der Waals surface area contributed by atoms with Gasteiger partial charge in [0.2, 0.25) is 11.8 Å². The van der Waals surface area contributed by atoms with Crippen LogP contribution < -0.4 is 0 Å². The lowest BCUT2D eigenvalue weighted by molar-refractivity contribution is -0.141. The Labute approximate surface area is 202 Å². The third kappa shape index (κ3) is 7.19. The molecule has 0 aliphatic heterocycles. The average molecular weight is 464 g/mol. The van der Waals surface area contributed by atoms with Gasteiger partial charge in [-0.15, -0.1) is 0 Å². The molecule has 0 bridgehead atoms. The van der Waals surface area contributed by atoms with Crippen LogP contribution in [0.3, 0.4) is 0 Å². The number of aromatic amines is 1. The molecule has 34 heavy (non-hydrogen) atoms. The maximum atomic E-state index is 13.5. The van der Waals surface area contributed by atoms with Gasteiger partial charge in [-0.3, -0.25) is 9.59 Å². The molecule has 2 aromatic carbocycles. The Balaban J connectivity index is 1.76. The van der Waals surface area contributed by atoms with Gasteiger partial charge in [-0.25, -0.2) is 0 Å². The topological polar surface area (TPSA) is 65.6 Å². The van der Waals surface area contributed by atoms with Crippen LogP contribution in [0.2, 0.25) is 0 Å². The maximum absolute atomic E-state index is 13.5. The highest BCUT2D eigenvalue weighted by Crippen LogP contribution is 2.19. The molecule has 0 atom stereocenters. The predicted molar refractivity (Wildman–Crippen MR) is 137 cm³/mol. The zero-order valence-corrected chi connectivity index (χ0v) is 20.8. The second-order valence-corrected chi connectivity index (χ2v) is 9.32. The van der Waals surface area contributed by atoms with Crippen molar-refractivity contribution in [2.75, 3.05) is 33.4 Å². The first-order valence-corrected chi connectivity index (χ1v) is 12.0. The molecular formula is C28H37N3O3. The zero-order chi connectivity index (χ0) is 24.5. The van der Waals surface area contributed by atoms with Crippen LogP contribution in [-0.2, 0) is 27.3 Å². The minimum Gasteiger partial charge on any atom is -0.383 e. The molecule has 2 amide bonds. The van der Waals surface area contributed by atoms with Crippen molar-refractivity contribution in [3.63, 3.8) is 0 Å². The van der Waals surface area contributed by atoms with Gasteiger partial charge in [0.05, 0.1) is 13.2 Å². The van der Waals surface area contributed by atoms with Gasteiger partial charge in [-0.05, 0) is 36.5 Å². The molecule has 3 rings (SSSR count). The monoisotopic (exact) mass is 463 g/mol. The summed E-state index contributed by atoms with van der Waals surface area (Å²) in [7, 11) is 1.61. The first kappa shape index (κ1) is 25.5. The molecule has 0 aliphatic rings. The summed E-state index contributed by atoms with van der Waals surface area (Å²) in [5, 5.41) is 1.18. The molecule has 0 unspecified atom stereocenters. The van der Waals surface area contributed by atoms with Crippen LogP contribution in [0.25, 0.3) is 10.9 Å². The Bertz CT molecular complexity index is 1070. The van der Waals surface area contributed by atoms with E-state index in [0.717, 1.165) is 17.5 Å². The molecule has 1 heterocycles. The quantitative estimate of drug-likeness (QED) is 0.428. The third-order valence-electron chi connectivity index (χ3n) is 6.00. The number of benzene rings is 2. The molecule has 182 valence electrons. The molecule has 0 spiro atoms. The Kier molecular flexibility index (Phi) is 9.28. The van der Waals surface area contributed by atoms with E-state index in [9.17, 15) is 9.59 Å². The Hall–Kier alpha value is -3.12. The van der Waals surface area contributed by atoms with Crippen LogP contribution in [-0.4, -0.2) is 59.9 Å². The van der Waals surface area contributed by atoms with Crippen LogP contribution in [0.1, 0.15) is 37.0 Å². The summed E-state index contributed by atoms with van der Waals surface area (Å²) < 4.78 is 5.19. The standard InChI is InChI=1S/C28H37N3O3/c1-21(2)17-27(32)31(15-16-34-4)20-28(33)30(19-23-11-9-22(3)10-12-23)14-13-24-18-29-26-8-6-5-7-25(24)26/h5-12,18,21,29H,13-17,19-20H2,1-4H3. The van der Waals surface area contributed by atoms with E-state index in [2.05, 4.69) is 48.3 Å². The second-order valence-electron chi connectivity index (χ2n) is 9.32. The number of nitrogens with zero attached hydrogens (tertiary/aromatic N) is 2. The van der Waals surface area contributed by atoms with Crippen LogP contribution in [0.5, 0.6) is 0 Å². The summed E-state index contributed by atoms with van der Waals surface area (Å²) in [5.41, 5.74) is 4.55. The molecule has 1 N–H and O–H groups in total. The maximum Gasteiger partial charge on any atom is 0.242 e. The highest BCUT2D eigenvalue weighted by molar-refractivity contribution is 5.85. The van der Waals surface area contributed by atoms with Gasteiger partial charge >= 0.3 is 0 Å². The van der Waals surface area contributed by atoms with E-state index in [1.54, 1.807) is 12.0 Å². The fraction of sp³-hybridized carbons (Fsp3) is 0.429. The highest BCUT2D eigenvalue weighted by Gasteiger charge is 2.22. The number of amides is 2. The molecule has 1 aromatic heterocycles. The Morgan fingerprint density at radius 2 is 1.71 bits per heavy atom. The van der Waals surface area contributed by atoms with Crippen molar-refractivity contribution in [3.05, 3.63) is 71.4 Å². The summed E-state index contributed by atoms with van der Waals surface area (Å²) in [6.45, 7) is 8.05. The largest absolute Gasteiger partial charge is 0.383 e. The van der Waals surface area contributed by atoms with Crippen LogP contribution in [0.4, 0.5) is 0 Å². The van der Waals surface area contributed by atoms with Gasteiger partial charge in [0, 0.05) is 50.3 Å². The van der Waals surface area contributed by atoms with Gasteiger partial charge < -0.3 is 19.5 Å². The summed E-state index contributed by atoms with van der Waals surface area (Å²) in [6.07, 6.45) is 3.18. The number of fused-ring (bicyclic) bond motifs is 1. The molecule has 0 saturated carbocycles. The SMILES string of the molecule is COCCN(CC(=O)N(CCc1c[nH]c2ccccc12)Cc1ccc(C)cc1)C(=O)CC(C)C. The Morgan fingerprint density at radius 3 is 2.41 bits per heavy atom. The van der Waals surface area contributed by atoms with Crippen molar-refractivity contribution in [1.29, 1.82) is 0 Å². The van der Waals surface area contributed by atoms with Crippen LogP contribution in [0, 0.1) is 12.8 Å². The minimum atomic E-state index is -0.0476. The Morgan fingerprint density at radius 1 is 0.971 bits per heavy atom. The molecule has 6 heteroatoms. The van der Waals surface area contributed by atoms with Crippen molar-refractivity contribution in [3.8, 4) is 0 Å². The first-order valence-electron chi connectivity index (χ1n) is 12.0. The van der Waals surface area contributed by atoms with Gasteiger partial charge in [0.25, 0.3) is 0 Å². The van der Waals surface area contributed by atoms with Gasteiger partial charge in [0.1, 0.15) is 0 Å². The highest BCUT2D eigenvalue weighted by atomic mass is 16.5. The van der Waals surface area contributed by atoms with Gasteiger partial charge in [-0.2, -0.15) is 0 Å². The number of H-pyrrole nitrogens is 1. The molecule has 6 nitrogen and oxygen atoms in total. The van der Waals surface area contributed by atoms with Crippen molar-refractivity contribution >= 4 is 22.7 Å². The lowest BCUT2D eigenvalue weighted by atomic mass is 10.1. The number of nitrogens with one attached hydrogen (secondary N) is 1. The smallest absolute Gasteiger partial charge is 0.242 e. The molecule has 3 aromatic rings. The van der Waals surface area contributed by atoms with Crippen molar-refractivity contribution in [2.24, 2.45) is 5.92 Å². The number of para-hydroxylation sites is 1. The minimum absolute atomic E-state index is 0.00712.